The van der Waals surface area contributed by atoms with Gasteiger partial charge in [-0.2, -0.15) is 0 Å². The van der Waals surface area contributed by atoms with E-state index in [1.165, 1.54) is 46.1 Å². The van der Waals surface area contributed by atoms with Gasteiger partial charge in [-0.05, 0) is 92.6 Å². The Morgan fingerprint density at radius 1 is 1.17 bits per heavy atom. The van der Waals surface area contributed by atoms with Crippen LogP contribution in [0.25, 0.3) is 0 Å². The molecule has 7 heteroatoms. The van der Waals surface area contributed by atoms with Gasteiger partial charge in [0.05, 0.1) is 12.0 Å². The topological polar surface area (TPSA) is 58.6 Å². The molecule has 0 amide bonds. The summed E-state index contributed by atoms with van der Waals surface area (Å²) in [5.74, 6) is 1.14. The summed E-state index contributed by atoms with van der Waals surface area (Å²) in [7, 11) is -0.271. The number of aryl methyl sites for hydroxylation is 1. The van der Waals surface area contributed by atoms with Crippen LogP contribution in [-0.4, -0.2) is 46.5 Å². The highest BCUT2D eigenvalue weighted by Gasteiger charge is 2.22. The molecule has 3 rings (SSSR count). The lowest BCUT2D eigenvalue weighted by Gasteiger charge is -2.26. The average molecular weight is 435 g/mol. The van der Waals surface area contributed by atoms with Gasteiger partial charge in [0.25, 0.3) is 0 Å². The zero-order chi connectivity index (χ0) is 21.6. The van der Waals surface area contributed by atoms with E-state index in [0.29, 0.717) is 12.5 Å². The lowest BCUT2D eigenvalue weighted by atomic mass is 9.83. The van der Waals surface area contributed by atoms with E-state index in [1.54, 1.807) is 14.2 Å². The molecule has 0 bridgehead atoms. The predicted molar refractivity (Wildman–Crippen MR) is 117 cm³/mol. The van der Waals surface area contributed by atoms with Crippen molar-refractivity contribution in [1.29, 1.82) is 0 Å². The Hall–Kier alpha value is -1.96. The fourth-order valence-corrected chi connectivity index (χ4v) is 5.20. The fourth-order valence-electron chi connectivity index (χ4n) is 3.99. The number of rotatable bonds is 10. The summed E-state index contributed by atoms with van der Waals surface area (Å²) < 4.78 is 44.9. The number of unbranched alkanes of at least 4 members (excludes halogenated alkanes) is 1. The van der Waals surface area contributed by atoms with Gasteiger partial charge in [-0.25, -0.2) is 17.1 Å². The second kappa shape index (κ2) is 10.4. The summed E-state index contributed by atoms with van der Waals surface area (Å²) >= 11 is 0. The predicted octanol–water partition coefficient (Wildman–Crippen LogP) is 3.63. The smallest absolute Gasteiger partial charge is 0.242 e. The second-order valence-corrected chi connectivity index (χ2v) is 9.94. The van der Waals surface area contributed by atoms with Gasteiger partial charge in [-0.15, -0.1) is 0 Å². The molecule has 1 unspecified atom stereocenters. The molecule has 0 spiro atoms. The third-order valence-electron chi connectivity index (χ3n) is 5.80. The van der Waals surface area contributed by atoms with E-state index in [4.69, 9.17) is 4.74 Å². The maximum absolute atomic E-state index is 13.0. The van der Waals surface area contributed by atoms with Crippen molar-refractivity contribution in [2.24, 2.45) is 5.92 Å². The molecular formula is C23H31FN2O3S. The van der Waals surface area contributed by atoms with Gasteiger partial charge in [0.1, 0.15) is 11.6 Å². The molecule has 0 aromatic heterocycles. The van der Waals surface area contributed by atoms with E-state index < -0.39 is 15.8 Å². The van der Waals surface area contributed by atoms with Crippen LogP contribution in [0.2, 0.25) is 0 Å². The van der Waals surface area contributed by atoms with Crippen molar-refractivity contribution >= 4 is 10.0 Å². The Morgan fingerprint density at radius 3 is 2.67 bits per heavy atom. The maximum Gasteiger partial charge on any atom is 0.242 e. The highest BCUT2D eigenvalue weighted by molar-refractivity contribution is 7.89. The summed E-state index contributed by atoms with van der Waals surface area (Å²) in [6, 6.07) is 11.2. The number of hydrogen-bond donors (Lipinski definition) is 1. The van der Waals surface area contributed by atoms with Gasteiger partial charge < -0.3 is 10.1 Å². The minimum absolute atomic E-state index is 0.123. The highest BCUT2D eigenvalue weighted by atomic mass is 32.2. The minimum Gasteiger partial charge on any atom is -0.496 e. The summed E-state index contributed by atoms with van der Waals surface area (Å²) in [4.78, 5) is 0.123. The van der Waals surface area contributed by atoms with Crippen LogP contribution in [0.3, 0.4) is 0 Å². The number of methoxy groups -OCH3 is 1. The van der Waals surface area contributed by atoms with E-state index >= 15 is 0 Å². The second-order valence-electron chi connectivity index (χ2n) is 7.90. The van der Waals surface area contributed by atoms with Gasteiger partial charge in [-0.3, -0.25) is 0 Å². The molecule has 164 valence electrons. The molecule has 30 heavy (non-hydrogen) atoms. The summed E-state index contributed by atoms with van der Waals surface area (Å²) in [5.41, 5.74) is 2.74. The lowest BCUT2D eigenvalue weighted by molar-refractivity contribution is 0.381. The number of benzene rings is 2. The molecule has 0 saturated carbocycles. The van der Waals surface area contributed by atoms with Crippen LogP contribution < -0.4 is 10.1 Å². The van der Waals surface area contributed by atoms with E-state index in [1.807, 2.05) is 6.07 Å². The molecule has 2 aromatic rings. The highest BCUT2D eigenvalue weighted by Crippen LogP contribution is 2.31. The van der Waals surface area contributed by atoms with Crippen LogP contribution in [0.4, 0.5) is 4.39 Å². The van der Waals surface area contributed by atoms with E-state index in [0.717, 1.165) is 44.5 Å². The Bertz CT molecular complexity index is 918. The largest absolute Gasteiger partial charge is 0.496 e. The maximum atomic E-state index is 13.0. The van der Waals surface area contributed by atoms with Crippen LogP contribution in [0.15, 0.2) is 47.4 Å². The first-order valence-electron chi connectivity index (χ1n) is 10.5. The van der Waals surface area contributed by atoms with Crippen molar-refractivity contribution in [3.05, 3.63) is 59.4 Å². The van der Waals surface area contributed by atoms with Crippen LogP contribution in [0.5, 0.6) is 5.75 Å². The monoisotopic (exact) mass is 434 g/mol. The summed E-state index contributed by atoms with van der Waals surface area (Å²) in [6.07, 6.45) is 4.96. The molecule has 0 fully saturated rings. The zero-order valence-electron chi connectivity index (χ0n) is 17.7. The van der Waals surface area contributed by atoms with Crippen molar-refractivity contribution in [3.63, 3.8) is 0 Å². The van der Waals surface area contributed by atoms with Gasteiger partial charge in [0.2, 0.25) is 10.0 Å². The number of nitrogens with zero attached hydrogens (tertiary/aromatic N) is 1. The first-order valence-corrected chi connectivity index (χ1v) is 11.9. The van der Waals surface area contributed by atoms with E-state index in [2.05, 4.69) is 17.4 Å². The SMILES string of the molecule is COc1cccc2c1CC(CNCCCCN(C)S(=O)(=O)c1ccc(F)cc1)CC2. The number of halogens is 1. The van der Waals surface area contributed by atoms with Crippen LogP contribution >= 0.6 is 0 Å². The Labute approximate surface area is 179 Å². The molecule has 1 atom stereocenters. The minimum atomic E-state index is -3.57. The molecular weight excluding hydrogens is 403 g/mol. The van der Waals surface area contributed by atoms with Crippen LogP contribution in [0, 0.1) is 11.7 Å². The Balaban J connectivity index is 1.37. The average Bonchev–Trinajstić information content (AvgIpc) is 2.75. The zero-order valence-corrected chi connectivity index (χ0v) is 18.6. The number of ether oxygens (including phenoxy) is 1. The molecule has 0 radical (unpaired) electrons. The van der Waals surface area contributed by atoms with Crippen molar-refractivity contribution in [2.75, 3.05) is 33.8 Å². The molecule has 1 aliphatic rings. The molecule has 0 heterocycles. The van der Waals surface area contributed by atoms with Crippen LogP contribution in [-0.2, 0) is 22.9 Å². The van der Waals surface area contributed by atoms with Crippen molar-refractivity contribution in [3.8, 4) is 5.75 Å². The van der Waals surface area contributed by atoms with E-state index in [-0.39, 0.29) is 4.90 Å². The van der Waals surface area contributed by atoms with Gasteiger partial charge in [0, 0.05) is 13.6 Å². The fraction of sp³-hybridized carbons (Fsp3) is 0.478. The first kappa shape index (κ1) is 22.7. The normalized spacial score (nSPS) is 16.5. The van der Waals surface area contributed by atoms with Gasteiger partial charge in [0.15, 0.2) is 0 Å². The first-order chi connectivity index (χ1) is 14.4. The van der Waals surface area contributed by atoms with Crippen molar-refractivity contribution in [1.82, 2.24) is 9.62 Å². The Kier molecular flexibility index (Phi) is 7.86. The van der Waals surface area contributed by atoms with Crippen molar-refractivity contribution in [2.45, 2.75) is 37.0 Å². The molecule has 5 nitrogen and oxygen atoms in total. The summed E-state index contributed by atoms with van der Waals surface area (Å²) in [5, 5.41) is 3.52. The van der Waals surface area contributed by atoms with Gasteiger partial charge in [-0.1, -0.05) is 12.1 Å². The standard InChI is InChI=1S/C23H31FN2O3S/c1-26(30(27,28)21-12-10-20(24)11-13-21)15-4-3-14-25-17-18-8-9-19-6-5-7-23(29-2)22(19)16-18/h5-7,10-13,18,25H,3-4,8-9,14-17H2,1-2H3. The quantitative estimate of drug-likeness (QED) is 0.580. The third-order valence-corrected chi connectivity index (χ3v) is 7.67. The van der Waals surface area contributed by atoms with E-state index in [9.17, 15) is 12.8 Å². The number of fused-ring (bicyclic) bond motifs is 1. The Morgan fingerprint density at radius 2 is 1.93 bits per heavy atom. The lowest BCUT2D eigenvalue weighted by Crippen LogP contribution is -2.30. The molecule has 0 aliphatic heterocycles. The number of sulfonamides is 1. The van der Waals surface area contributed by atoms with Crippen molar-refractivity contribution < 1.29 is 17.5 Å². The third kappa shape index (κ3) is 5.59. The molecule has 0 saturated heterocycles. The number of nitrogens with one attached hydrogen (secondary N) is 1. The van der Waals surface area contributed by atoms with Gasteiger partial charge >= 0.3 is 0 Å². The molecule has 2 aromatic carbocycles. The van der Waals surface area contributed by atoms with Crippen LogP contribution in [0.1, 0.15) is 30.4 Å². The summed E-state index contributed by atoms with van der Waals surface area (Å²) in [6.45, 7) is 2.26. The molecule has 1 N–H and O–H groups in total. The molecule has 1 aliphatic carbocycles. The number of hydrogen-bond acceptors (Lipinski definition) is 4.